The van der Waals surface area contributed by atoms with Crippen molar-refractivity contribution in [2.45, 2.75) is 37.0 Å². The van der Waals surface area contributed by atoms with Crippen LogP contribution in [-0.2, 0) is 43.4 Å². The van der Waals surface area contributed by atoms with Crippen LogP contribution in [0.1, 0.15) is 29.5 Å². The van der Waals surface area contributed by atoms with Gasteiger partial charge in [-0.25, -0.2) is 8.42 Å². The van der Waals surface area contributed by atoms with Gasteiger partial charge in [-0.05, 0) is 54.5 Å². The third-order valence-corrected chi connectivity index (χ3v) is 5.84. The number of sulfone groups is 1. The number of amides is 1. The summed E-state index contributed by atoms with van der Waals surface area (Å²) < 4.78 is 28.6. The quantitative estimate of drug-likeness (QED) is 0.752. The number of esters is 1. The number of para-hydroxylation sites is 1. The average Bonchev–Trinajstić information content (AvgIpc) is 2.66. The van der Waals surface area contributed by atoms with Crippen molar-refractivity contribution in [3.63, 3.8) is 0 Å². The van der Waals surface area contributed by atoms with Gasteiger partial charge in [0.25, 0.3) is 5.91 Å². The Morgan fingerprint density at radius 3 is 2.50 bits per heavy atom. The molecule has 1 N–H and O–H groups in total. The van der Waals surface area contributed by atoms with Crippen LogP contribution in [0, 0.1) is 0 Å². The molecule has 1 aliphatic rings. The van der Waals surface area contributed by atoms with Gasteiger partial charge in [-0.1, -0.05) is 30.3 Å². The topological polar surface area (TPSA) is 89.5 Å². The molecule has 0 unspecified atom stereocenters. The molecular weight excluding hydrogens is 378 g/mol. The van der Waals surface area contributed by atoms with Crippen LogP contribution in [0.4, 0.5) is 5.69 Å². The maximum absolute atomic E-state index is 12.1. The third kappa shape index (κ3) is 5.19. The molecule has 0 saturated carbocycles. The second-order valence-electron chi connectivity index (χ2n) is 6.96. The number of rotatable bonds is 6. The van der Waals surface area contributed by atoms with Crippen LogP contribution in [-0.4, -0.2) is 33.2 Å². The van der Waals surface area contributed by atoms with E-state index in [1.807, 2.05) is 12.1 Å². The van der Waals surface area contributed by atoms with Gasteiger partial charge >= 0.3 is 5.97 Å². The number of hydrogen-bond acceptors (Lipinski definition) is 5. The summed E-state index contributed by atoms with van der Waals surface area (Å²) in [6, 6.07) is 12.1. The van der Waals surface area contributed by atoms with Gasteiger partial charge in [-0.15, -0.1) is 0 Å². The van der Waals surface area contributed by atoms with E-state index in [9.17, 15) is 18.0 Å². The van der Waals surface area contributed by atoms with Crippen LogP contribution < -0.4 is 5.32 Å². The molecule has 3 rings (SSSR count). The first kappa shape index (κ1) is 20.1. The lowest BCUT2D eigenvalue weighted by molar-refractivity contribution is -0.146. The third-order valence-electron chi connectivity index (χ3n) is 4.69. The van der Waals surface area contributed by atoms with Crippen molar-refractivity contribution in [2.75, 3.05) is 18.2 Å². The Labute approximate surface area is 164 Å². The van der Waals surface area contributed by atoms with Crippen molar-refractivity contribution < 1.29 is 22.7 Å². The van der Waals surface area contributed by atoms with Crippen molar-refractivity contribution in [1.29, 1.82) is 0 Å². The van der Waals surface area contributed by atoms with Crippen molar-refractivity contribution >= 4 is 27.4 Å². The van der Waals surface area contributed by atoms with Gasteiger partial charge in [-0.2, -0.15) is 0 Å². The number of hydrogen-bond donors (Lipinski definition) is 1. The van der Waals surface area contributed by atoms with Gasteiger partial charge in [0, 0.05) is 6.26 Å². The molecule has 0 bridgehead atoms. The fourth-order valence-corrected chi connectivity index (χ4v) is 4.18. The number of carbonyl (C=O) groups excluding carboxylic acids is 2. The fourth-order valence-electron chi connectivity index (χ4n) is 3.34. The molecule has 0 radical (unpaired) electrons. The SMILES string of the molecule is CS(=O)(=O)c1ccccc1NC(=O)COC(=O)Cc1ccc2c(c1)CCCC2. The van der Waals surface area contributed by atoms with Gasteiger partial charge in [0.2, 0.25) is 0 Å². The standard InChI is InChI=1S/C21H23NO5S/c1-28(25,26)19-9-5-4-8-18(19)22-20(23)14-27-21(24)13-15-10-11-16-6-2-3-7-17(16)12-15/h4-5,8-12H,2-3,6-7,13-14H2,1H3,(H,22,23). The Hall–Kier alpha value is -2.67. The van der Waals surface area contributed by atoms with E-state index in [1.54, 1.807) is 12.1 Å². The fraction of sp³-hybridized carbons (Fsp3) is 0.333. The first-order valence-electron chi connectivity index (χ1n) is 9.18. The highest BCUT2D eigenvalue weighted by Crippen LogP contribution is 2.23. The van der Waals surface area contributed by atoms with Crippen LogP contribution in [0.3, 0.4) is 0 Å². The zero-order valence-electron chi connectivity index (χ0n) is 15.7. The predicted molar refractivity (Wildman–Crippen MR) is 106 cm³/mol. The minimum absolute atomic E-state index is 0.0173. The van der Waals surface area contributed by atoms with E-state index in [-0.39, 0.29) is 17.0 Å². The smallest absolute Gasteiger partial charge is 0.310 e. The maximum atomic E-state index is 12.1. The minimum atomic E-state index is -3.48. The van der Waals surface area contributed by atoms with E-state index in [4.69, 9.17) is 4.74 Å². The number of benzene rings is 2. The summed E-state index contributed by atoms with van der Waals surface area (Å²) >= 11 is 0. The molecule has 7 heteroatoms. The Balaban J connectivity index is 1.55. The van der Waals surface area contributed by atoms with Crippen LogP contribution in [0.25, 0.3) is 0 Å². The molecule has 0 heterocycles. The molecular formula is C21H23NO5S. The number of aryl methyl sites for hydroxylation is 2. The van der Waals surface area contributed by atoms with Gasteiger partial charge < -0.3 is 10.1 Å². The van der Waals surface area contributed by atoms with Crippen LogP contribution in [0.5, 0.6) is 0 Å². The van der Waals surface area contributed by atoms with Gasteiger partial charge in [0.1, 0.15) is 0 Å². The Morgan fingerprint density at radius 1 is 1.04 bits per heavy atom. The van der Waals surface area contributed by atoms with Crippen molar-refractivity contribution in [3.05, 3.63) is 59.2 Å². The molecule has 0 saturated heterocycles. The van der Waals surface area contributed by atoms with Crippen molar-refractivity contribution in [1.82, 2.24) is 0 Å². The molecule has 1 aliphatic carbocycles. The zero-order valence-corrected chi connectivity index (χ0v) is 16.6. The summed E-state index contributed by atoms with van der Waals surface area (Å²) in [5, 5.41) is 2.48. The summed E-state index contributed by atoms with van der Waals surface area (Å²) in [6.07, 6.45) is 5.63. The monoisotopic (exact) mass is 401 g/mol. The summed E-state index contributed by atoms with van der Waals surface area (Å²) in [6.45, 7) is -0.470. The summed E-state index contributed by atoms with van der Waals surface area (Å²) in [5.41, 5.74) is 3.66. The highest BCUT2D eigenvalue weighted by Gasteiger charge is 2.16. The maximum Gasteiger partial charge on any atom is 0.310 e. The molecule has 0 spiro atoms. The number of anilines is 1. The van der Waals surface area contributed by atoms with Crippen LogP contribution in [0.15, 0.2) is 47.4 Å². The number of nitrogens with one attached hydrogen (secondary N) is 1. The summed E-state index contributed by atoms with van der Waals surface area (Å²) in [7, 11) is -3.48. The van der Waals surface area contributed by atoms with Gasteiger partial charge in [0.05, 0.1) is 17.0 Å². The largest absolute Gasteiger partial charge is 0.455 e. The highest BCUT2D eigenvalue weighted by atomic mass is 32.2. The Kier molecular flexibility index (Phi) is 6.14. The minimum Gasteiger partial charge on any atom is -0.455 e. The number of carbonyl (C=O) groups is 2. The second-order valence-corrected chi connectivity index (χ2v) is 8.95. The van der Waals surface area contributed by atoms with Gasteiger partial charge in [-0.3, -0.25) is 9.59 Å². The molecule has 0 aromatic heterocycles. The molecule has 28 heavy (non-hydrogen) atoms. The first-order valence-corrected chi connectivity index (χ1v) is 11.1. The second kappa shape index (κ2) is 8.56. The predicted octanol–water partition coefficient (Wildman–Crippen LogP) is 2.69. The molecule has 1 amide bonds. The lowest BCUT2D eigenvalue weighted by atomic mass is 9.90. The van der Waals surface area contributed by atoms with Crippen LogP contribution in [0.2, 0.25) is 0 Å². The molecule has 2 aromatic rings. The highest BCUT2D eigenvalue weighted by molar-refractivity contribution is 7.90. The van der Waals surface area contributed by atoms with E-state index in [2.05, 4.69) is 11.4 Å². The molecule has 0 aliphatic heterocycles. The Morgan fingerprint density at radius 2 is 1.75 bits per heavy atom. The Bertz CT molecular complexity index is 998. The lowest BCUT2D eigenvalue weighted by Gasteiger charge is -2.16. The normalized spacial score (nSPS) is 13.5. The van der Waals surface area contributed by atoms with Gasteiger partial charge in [0.15, 0.2) is 16.4 Å². The first-order chi connectivity index (χ1) is 13.3. The van der Waals surface area contributed by atoms with E-state index < -0.39 is 28.3 Å². The molecule has 2 aromatic carbocycles. The molecule has 0 fully saturated rings. The summed E-state index contributed by atoms with van der Waals surface area (Å²) in [5.74, 6) is -1.09. The summed E-state index contributed by atoms with van der Waals surface area (Å²) in [4.78, 5) is 24.1. The van der Waals surface area contributed by atoms with Crippen LogP contribution >= 0.6 is 0 Å². The average molecular weight is 401 g/mol. The zero-order chi connectivity index (χ0) is 20.1. The van der Waals surface area contributed by atoms with Crippen molar-refractivity contribution in [2.24, 2.45) is 0 Å². The van der Waals surface area contributed by atoms with E-state index in [0.29, 0.717) is 0 Å². The van der Waals surface area contributed by atoms with Crippen molar-refractivity contribution in [3.8, 4) is 0 Å². The number of fused-ring (bicyclic) bond motifs is 1. The van der Waals surface area contributed by atoms with E-state index in [0.717, 1.165) is 31.1 Å². The molecule has 6 nitrogen and oxygen atoms in total. The molecule has 0 atom stereocenters. The molecule has 148 valence electrons. The number of ether oxygens (including phenoxy) is 1. The van der Waals surface area contributed by atoms with E-state index in [1.165, 1.54) is 29.7 Å². The van der Waals surface area contributed by atoms with E-state index >= 15 is 0 Å². The lowest BCUT2D eigenvalue weighted by Crippen LogP contribution is -2.22.